The van der Waals surface area contributed by atoms with Crippen molar-refractivity contribution in [2.24, 2.45) is 0 Å². The average Bonchev–Trinajstić information content (AvgIpc) is 2.60. The minimum atomic E-state index is -0.134. The van der Waals surface area contributed by atoms with Crippen molar-refractivity contribution in [3.63, 3.8) is 0 Å². The van der Waals surface area contributed by atoms with Gasteiger partial charge in [-0.05, 0) is 44.0 Å². The summed E-state index contributed by atoms with van der Waals surface area (Å²) in [6, 6.07) is 9.52. The summed E-state index contributed by atoms with van der Waals surface area (Å²) in [7, 11) is 1.67. The summed E-state index contributed by atoms with van der Waals surface area (Å²) in [4.78, 5) is 23.0. The number of nitrogens with one attached hydrogen (secondary N) is 1. The van der Waals surface area contributed by atoms with Crippen molar-refractivity contribution in [3.8, 4) is 0 Å². The number of methoxy groups -OCH3 is 1. The first-order valence-corrected chi connectivity index (χ1v) is 8.10. The summed E-state index contributed by atoms with van der Waals surface area (Å²) in [6.07, 6.45) is 2.45. The van der Waals surface area contributed by atoms with Crippen LogP contribution in [0.2, 0.25) is 0 Å². The smallest absolute Gasteiger partial charge is 0.277 e. The third kappa shape index (κ3) is 4.76. The van der Waals surface area contributed by atoms with Crippen molar-refractivity contribution in [1.82, 2.24) is 9.97 Å². The van der Waals surface area contributed by atoms with Crippen molar-refractivity contribution in [2.45, 2.75) is 20.3 Å². The first-order valence-electron chi connectivity index (χ1n) is 8.10. The molecule has 24 heavy (non-hydrogen) atoms. The van der Waals surface area contributed by atoms with Crippen LogP contribution in [0.15, 0.2) is 36.5 Å². The molecule has 2 rings (SSSR count). The Morgan fingerprint density at radius 3 is 2.88 bits per heavy atom. The third-order valence-corrected chi connectivity index (χ3v) is 3.56. The lowest BCUT2D eigenvalue weighted by atomic mass is 10.2. The van der Waals surface area contributed by atoms with E-state index in [9.17, 15) is 4.79 Å². The van der Waals surface area contributed by atoms with E-state index >= 15 is 0 Å². The number of carbonyl (C=O) groups excluding carboxylic acids is 1. The molecule has 0 unspecified atom stereocenters. The number of amides is 1. The molecule has 0 aliphatic rings. The van der Waals surface area contributed by atoms with Gasteiger partial charge in [-0.25, -0.2) is 9.97 Å². The highest BCUT2D eigenvalue weighted by Gasteiger charge is 2.18. The number of hydrogen-bond acceptors (Lipinski definition) is 5. The van der Waals surface area contributed by atoms with Gasteiger partial charge in [-0.3, -0.25) is 4.79 Å². The summed E-state index contributed by atoms with van der Waals surface area (Å²) in [5, 5.41) is 3.11. The topological polar surface area (TPSA) is 67.4 Å². The van der Waals surface area contributed by atoms with E-state index in [2.05, 4.69) is 15.3 Å². The van der Waals surface area contributed by atoms with Gasteiger partial charge in [-0.2, -0.15) is 0 Å². The lowest BCUT2D eigenvalue weighted by Gasteiger charge is -2.21. The van der Waals surface area contributed by atoms with Crippen LogP contribution >= 0.6 is 0 Å². The van der Waals surface area contributed by atoms with Gasteiger partial charge in [0.2, 0.25) is 5.95 Å². The first kappa shape index (κ1) is 17.9. The van der Waals surface area contributed by atoms with E-state index < -0.39 is 0 Å². The Labute approximate surface area is 142 Å². The maximum absolute atomic E-state index is 12.8. The van der Waals surface area contributed by atoms with Crippen molar-refractivity contribution < 1.29 is 9.53 Å². The van der Waals surface area contributed by atoms with E-state index in [0.29, 0.717) is 31.3 Å². The average molecular weight is 328 g/mol. The van der Waals surface area contributed by atoms with Crippen LogP contribution in [0, 0.1) is 6.92 Å². The highest BCUT2D eigenvalue weighted by atomic mass is 16.5. The Morgan fingerprint density at radius 1 is 1.33 bits per heavy atom. The molecule has 1 aromatic carbocycles. The molecule has 0 saturated carbocycles. The lowest BCUT2D eigenvalue weighted by Crippen LogP contribution is -2.31. The zero-order chi connectivity index (χ0) is 17.4. The van der Waals surface area contributed by atoms with E-state index in [-0.39, 0.29) is 5.91 Å². The molecule has 1 heterocycles. The molecular formula is C18H24N4O2. The molecule has 0 saturated heterocycles. The Hall–Kier alpha value is -2.47. The molecule has 0 radical (unpaired) electrons. The SMILES string of the molecule is CCN(C(=O)c1ccnc(NCCCOC)n1)c1cccc(C)c1. The number of anilines is 2. The van der Waals surface area contributed by atoms with Crippen LogP contribution in [0.5, 0.6) is 0 Å². The van der Waals surface area contributed by atoms with Crippen molar-refractivity contribution in [1.29, 1.82) is 0 Å². The van der Waals surface area contributed by atoms with Crippen LogP contribution in [0.1, 0.15) is 29.4 Å². The van der Waals surface area contributed by atoms with Crippen LogP contribution in [0.25, 0.3) is 0 Å². The van der Waals surface area contributed by atoms with Crippen LogP contribution in [0.3, 0.4) is 0 Å². The molecular weight excluding hydrogens is 304 g/mol. The molecule has 0 aliphatic carbocycles. The lowest BCUT2D eigenvalue weighted by molar-refractivity contribution is 0.0983. The molecule has 0 fully saturated rings. The van der Waals surface area contributed by atoms with Crippen molar-refractivity contribution >= 4 is 17.5 Å². The highest BCUT2D eigenvalue weighted by molar-refractivity contribution is 6.04. The standard InChI is InChI=1S/C18H24N4O2/c1-4-22(15-8-5-7-14(2)13-15)17(23)16-9-11-20-18(21-16)19-10-6-12-24-3/h5,7-9,11,13H,4,6,10,12H2,1-3H3,(H,19,20,21). The van der Waals surface area contributed by atoms with E-state index in [1.165, 1.54) is 0 Å². The number of aromatic nitrogens is 2. The number of aryl methyl sites for hydroxylation is 1. The Bertz CT molecular complexity index is 676. The second-order valence-electron chi connectivity index (χ2n) is 5.43. The van der Waals surface area contributed by atoms with Crippen LogP contribution in [-0.4, -0.2) is 42.7 Å². The fraction of sp³-hybridized carbons (Fsp3) is 0.389. The predicted octanol–water partition coefficient (Wildman–Crippen LogP) is 2.90. The largest absolute Gasteiger partial charge is 0.385 e. The number of carbonyl (C=O) groups is 1. The molecule has 1 amide bonds. The van der Waals surface area contributed by atoms with Gasteiger partial charge >= 0.3 is 0 Å². The van der Waals surface area contributed by atoms with Crippen LogP contribution < -0.4 is 10.2 Å². The fourth-order valence-corrected chi connectivity index (χ4v) is 2.36. The summed E-state index contributed by atoms with van der Waals surface area (Å²) < 4.78 is 5.00. The zero-order valence-corrected chi connectivity index (χ0v) is 14.5. The molecule has 6 heteroatoms. The molecule has 2 aromatic rings. The molecule has 6 nitrogen and oxygen atoms in total. The van der Waals surface area contributed by atoms with E-state index in [0.717, 1.165) is 17.7 Å². The Kier molecular flexibility index (Phi) is 6.69. The second kappa shape index (κ2) is 8.98. The number of rotatable bonds is 8. The van der Waals surface area contributed by atoms with Gasteiger partial charge in [-0.15, -0.1) is 0 Å². The number of hydrogen-bond donors (Lipinski definition) is 1. The first-order chi connectivity index (χ1) is 11.7. The highest BCUT2D eigenvalue weighted by Crippen LogP contribution is 2.18. The molecule has 0 aliphatic heterocycles. The minimum absolute atomic E-state index is 0.134. The van der Waals surface area contributed by atoms with Gasteiger partial charge in [-0.1, -0.05) is 12.1 Å². The van der Waals surface area contributed by atoms with Crippen molar-refractivity contribution in [2.75, 3.05) is 37.0 Å². The summed E-state index contributed by atoms with van der Waals surface area (Å²) in [5.41, 5.74) is 2.36. The summed E-state index contributed by atoms with van der Waals surface area (Å²) in [6.45, 7) is 5.90. The van der Waals surface area contributed by atoms with Gasteiger partial charge < -0.3 is 15.0 Å². The molecule has 1 aromatic heterocycles. The predicted molar refractivity (Wildman–Crippen MR) is 95.5 cm³/mol. The van der Waals surface area contributed by atoms with E-state index in [4.69, 9.17) is 4.74 Å². The van der Waals surface area contributed by atoms with Gasteiger partial charge in [0.1, 0.15) is 5.69 Å². The quantitative estimate of drug-likeness (QED) is 0.755. The van der Waals surface area contributed by atoms with Gasteiger partial charge in [0.25, 0.3) is 5.91 Å². The minimum Gasteiger partial charge on any atom is -0.385 e. The van der Waals surface area contributed by atoms with E-state index in [1.54, 1.807) is 24.3 Å². The molecule has 128 valence electrons. The maximum Gasteiger partial charge on any atom is 0.277 e. The summed E-state index contributed by atoms with van der Waals surface area (Å²) >= 11 is 0. The third-order valence-electron chi connectivity index (χ3n) is 3.56. The molecule has 0 spiro atoms. The van der Waals surface area contributed by atoms with Gasteiger partial charge in [0.05, 0.1) is 0 Å². The molecule has 0 bridgehead atoms. The monoisotopic (exact) mass is 328 g/mol. The normalized spacial score (nSPS) is 10.5. The van der Waals surface area contributed by atoms with Gasteiger partial charge in [0.15, 0.2) is 0 Å². The zero-order valence-electron chi connectivity index (χ0n) is 14.5. The number of ether oxygens (including phenoxy) is 1. The molecule has 1 N–H and O–H groups in total. The number of benzene rings is 1. The Balaban J connectivity index is 2.12. The Morgan fingerprint density at radius 2 is 2.17 bits per heavy atom. The van der Waals surface area contributed by atoms with Crippen molar-refractivity contribution in [3.05, 3.63) is 47.8 Å². The second-order valence-corrected chi connectivity index (χ2v) is 5.43. The fourth-order valence-electron chi connectivity index (χ4n) is 2.36. The maximum atomic E-state index is 12.8. The van der Waals surface area contributed by atoms with E-state index in [1.807, 2.05) is 38.1 Å². The molecule has 0 atom stereocenters. The number of nitrogens with zero attached hydrogens (tertiary/aromatic N) is 3. The van der Waals surface area contributed by atoms with Crippen LogP contribution in [0.4, 0.5) is 11.6 Å². The van der Waals surface area contributed by atoms with Crippen LogP contribution in [-0.2, 0) is 4.74 Å². The van der Waals surface area contributed by atoms with Gasteiger partial charge in [0, 0.05) is 38.7 Å². The summed E-state index contributed by atoms with van der Waals surface area (Å²) in [5.74, 6) is 0.322.